The van der Waals surface area contributed by atoms with Crippen LogP contribution in [-0.2, 0) is 5.41 Å². The standard InChI is InChI=1S/C30H33NS3/c1-8-23-25(10-9-20(19(4)32)15-18(2)3)34-26-11-13-31-28(27(23)26)22-16-21-12-14-33-29(21)24(17-22)30(5,6)7/h8-14,16-18,32H,1,15H2,2-7H3/b10-9+,20-19+. The number of nitrogens with zero attached hydrogens (tertiary/aromatic N) is 1. The number of rotatable bonds is 6. The van der Waals surface area contributed by atoms with Gasteiger partial charge in [0.2, 0.25) is 0 Å². The first-order valence-corrected chi connectivity index (χ1v) is 13.9. The second-order valence-corrected chi connectivity index (χ2v) is 12.9. The normalized spacial score (nSPS) is 13.4. The maximum Gasteiger partial charge on any atom is 0.0795 e. The molecule has 4 heteroatoms. The Morgan fingerprint density at radius 2 is 1.97 bits per heavy atom. The van der Waals surface area contributed by atoms with E-state index < -0.39 is 0 Å². The molecule has 4 aromatic rings. The maximum atomic E-state index is 4.89. The van der Waals surface area contributed by atoms with E-state index in [4.69, 9.17) is 4.98 Å². The number of hydrogen-bond donors (Lipinski definition) is 1. The minimum atomic E-state index is 0.0562. The molecule has 0 N–H and O–H groups in total. The van der Waals surface area contributed by atoms with Crippen LogP contribution < -0.4 is 0 Å². The van der Waals surface area contributed by atoms with Gasteiger partial charge in [0.15, 0.2) is 0 Å². The lowest BCUT2D eigenvalue weighted by atomic mass is 9.84. The third kappa shape index (κ3) is 4.95. The van der Waals surface area contributed by atoms with E-state index in [0.29, 0.717) is 5.92 Å². The highest BCUT2D eigenvalue weighted by molar-refractivity contribution is 7.84. The lowest BCUT2D eigenvalue weighted by Gasteiger charge is -2.21. The van der Waals surface area contributed by atoms with Crippen molar-refractivity contribution in [3.63, 3.8) is 0 Å². The molecule has 0 aliphatic heterocycles. The Morgan fingerprint density at radius 3 is 2.62 bits per heavy atom. The van der Waals surface area contributed by atoms with Gasteiger partial charge in [0.05, 0.1) is 5.69 Å². The summed E-state index contributed by atoms with van der Waals surface area (Å²) in [6.07, 6.45) is 9.39. The van der Waals surface area contributed by atoms with Crippen molar-refractivity contribution < 1.29 is 0 Å². The minimum Gasteiger partial charge on any atom is -0.256 e. The predicted molar refractivity (Wildman–Crippen MR) is 159 cm³/mol. The molecule has 176 valence electrons. The van der Waals surface area contributed by atoms with Crippen LogP contribution in [0.3, 0.4) is 0 Å². The van der Waals surface area contributed by atoms with Crippen LogP contribution in [0.4, 0.5) is 0 Å². The fourth-order valence-electron chi connectivity index (χ4n) is 4.36. The number of thiol groups is 1. The van der Waals surface area contributed by atoms with Crippen molar-refractivity contribution >= 4 is 67.6 Å². The van der Waals surface area contributed by atoms with Gasteiger partial charge in [0.1, 0.15) is 0 Å². The fraction of sp³-hybridized carbons (Fsp3) is 0.300. The predicted octanol–water partition coefficient (Wildman–Crippen LogP) is 10.4. The zero-order chi connectivity index (χ0) is 24.6. The summed E-state index contributed by atoms with van der Waals surface area (Å²) in [5.41, 5.74) is 6.07. The van der Waals surface area contributed by atoms with Crippen LogP contribution in [0.25, 0.3) is 43.6 Å². The van der Waals surface area contributed by atoms with E-state index in [1.165, 1.54) is 41.7 Å². The number of fused-ring (bicyclic) bond motifs is 2. The smallest absolute Gasteiger partial charge is 0.0795 e. The SMILES string of the molecule is C=Cc1c(/C=C/C(CC(C)C)=C(/C)S)sc2ccnc(-c3cc(C(C)(C)C)c4sccc4c3)c12. The topological polar surface area (TPSA) is 12.9 Å². The molecule has 0 saturated carbocycles. The molecule has 0 fully saturated rings. The summed E-state index contributed by atoms with van der Waals surface area (Å²) in [6.45, 7) is 17.6. The molecule has 1 aromatic carbocycles. The Kier molecular flexibility index (Phi) is 7.23. The number of hydrogen-bond acceptors (Lipinski definition) is 4. The van der Waals surface area contributed by atoms with E-state index in [9.17, 15) is 0 Å². The Morgan fingerprint density at radius 1 is 1.21 bits per heavy atom. The van der Waals surface area contributed by atoms with Crippen LogP contribution in [0.15, 0.2) is 59.0 Å². The van der Waals surface area contributed by atoms with Gasteiger partial charge in [-0.05, 0) is 81.8 Å². The first kappa shape index (κ1) is 25.0. The molecule has 3 aromatic heterocycles. The number of aromatic nitrogens is 1. The van der Waals surface area contributed by atoms with Crippen LogP contribution >= 0.6 is 35.3 Å². The lowest BCUT2D eigenvalue weighted by Crippen LogP contribution is -2.11. The van der Waals surface area contributed by atoms with Crippen molar-refractivity contribution in [3.8, 4) is 11.3 Å². The minimum absolute atomic E-state index is 0.0562. The third-order valence-corrected chi connectivity index (χ3v) is 8.42. The third-order valence-electron chi connectivity index (χ3n) is 6.03. The van der Waals surface area contributed by atoms with Crippen LogP contribution in [-0.4, -0.2) is 4.98 Å². The highest BCUT2D eigenvalue weighted by Gasteiger charge is 2.21. The summed E-state index contributed by atoms with van der Waals surface area (Å²) in [6, 6.07) is 8.97. The Labute approximate surface area is 217 Å². The summed E-state index contributed by atoms with van der Waals surface area (Å²) in [5.74, 6) is 0.586. The van der Waals surface area contributed by atoms with Gasteiger partial charge in [0.25, 0.3) is 0 Å². The highest BCUT2D eigenvalue weighted by Crippen LogP contribution is 2.42. The molecule has 0 radical (unpaired) electrons. The Hall–Kier alpha value is -2.14. The van der Waals surface area contributed by atoms with Crippen molar-refractivity contribution in [3.05, 3.63) is 75.0 Å². The molecule has 4 rings (SSSR count). The summed E-state index contributed by atoms with van der Waals surface area (Å²) < 4.78 is 2.60. The van der Waals surface area contributed by atoms with Crippen molar-refractivity contribution in [1.29, 1.82) is 0 Å². The number of allylic oxidation sites excluding steroid dienone is 3. The average molecular weight is 504 g/mol. The second kappa shape index (κ2) is 9.85. The molecule has 0 spiro atoms. The van der Waals surface area contributed by atoms with Gasteiger partial charge in [-0.15, -0.1) is 35.3 Å². The van der Waals surface area contributed by atoms with E-state index in [0.717, 1.165) is 22.6 Å². The average Bonchev–Trinajstić information content (AvgIpc) is 3.38. The first-order valence-electron chi connectivity index (χ1n) is 11.7. The Balaban J connectivity index is 1.91. The molecular formula is C30H33NS3. The molecule has 0 unspecified atom stereocenters. The highest BCUT2D eigenvalue weighted by atomic mass is 32.1. The summed E-state index contributed by atoms with van der Waals surface area (Å²) in [5, 5.41) is 4.66. The molecule has 1 nitrogen and oxygen atoms in total. The quantitative estimate of drug-likeness (QED) is 0.204. The fourth-order valence-corrected chi connectivity index (χ4v) is 6.74. The van der Waals surface area contributed by atoms with E-state index in [1.807, 2.05) is 23.6 Å². The zero-order valence-electron chi connectivity index (χ0n) is 20.9. The van der Waals surface area contributed by atoms with Crippen molar-refractivity contribution in [1.82, 2.24) is 4.98 Å². The van der Waals surface area contributed by atoms with Crippen molar-refractivity contribution in [2.45, 2.75) is 53.4 Å². The van der Waals surface area contributed by atoms with Gasteiger partial charge in [-0.1, -0.05) is 53.3 Å². The maximum absolute atomic E-state index is 4.89. The number of pyridine rings is 1. The Bertz CT molecular complexity index is 1420. The number of thiophene rings is 2. The van der Waals surface area contributed by atoms with Crippen LogP contribution in [0.1, 0.15) is 64.0 Å². The van der Waals surface area contributed by atoms with E-state index in [1.54, 1.807) is 11.3 Å². The van der Waals surface area contributed by atoms with Gasteiger partial charge in [-0.3, -0.25) is 4.98 Å². The van der Waals surface area contributed by atoms with Gasteiger partial charge in [-0.2, -0.15) is 0 Å². The zero-order valence-corrected chi connectivity index (χ0v) is 23.4. The molecule has 0 amide bonds. The summed E-state index contributed by atoms with van der Waals surface area (Å²) >= 11 is 8.26. The van der Waals surface area contributed by atoms with Crippen molar-refractivity contribution in [2.75, 3.05) is 0 Å². The van der Waals surface area contributed by atoms with Crippen LogP contribution in [0.2, 0.25) is 0 Å². The van der Waals surface area contributed by atoms with Crippen LogP contribution in [0, 0.1) is 5.92 Å². The lowest BCUT2D eigenvalue weighted by molar-refractivity contribution is 0.597. The van der Waals surface area contributed by atoms with Crippen LogP contribution in [0.5, 0.6) is 0 Å². The van der Waals surface area contributed by atoms with Gasteiger partial charge >= 0.3 is 0 Å². The first-order chi connectivity index (χ1) is 16.1. The second-order valence-electron chi connectivity index (χ2n) is 10.3. The largest absolute Gasteiger partial charge is 0.256 e. The van der Waals surface area contributed by atoms with Gasteiger partial charge in [0, 0.05) is 37.0 Å². The monoisotopic (exact) mass is 503 g/mol. The molecule has 0 aliphatic carbocycles. The van der Waals surface area contributed by atoms with Gasteiger partial charge in [-0.25, -0.2) is 0 Å². The molecular weight excluding hydrogens is 471 g/mol. The molecule has 34 heavy (non-hydrogen) atoms. The molecule has 3 heterocycles. The summed E-state index contributed by atoms with van der Waals surface area (Å²) in [7, 11) is 0. The molecule has 0 saturated heterocycles. The van der Waals surface area contributed by atoms with E-state index in [2.05, 4.69) is 103 Å². The summed E-state index contributed by atoms with van der Waals surface area (Å²) in [4.78, 5) is 7.18. The number of benzene rings is 1. The van der Waals surface area contributed by atoms with E-state index in [-0.39, 0.29) is 5.41 Å². The van der Waals surface area contributed by atoms with E-state index >= 15 is 0 Å². The molecule has 0 atom stereocenters. The molecule has 0 aliphatic rings. The van der Waals surface area contributed by atoms with Gasteiger partial charge < -0.3 is 0 Å². The molecule has 0 bridgehead atoms. The van der Waals surface area contributed by atoms with Crippen molar-refractivity contribution in [2.24, 2.45) is 5.92 Å².